The lowest BCUT2D eigenvalue weighted by Gasteiger charge is -2.20. The highest BCUT2D eigenvalue weighted by molar-refractivity contribution is 5.96. The Morgan fingerprint density at radius 1 is 0.909 bits per heavy atom. The zero-order chi connectivity index (χ0) is 16.2. The van der Waals surface area contributed by atoms with E-state index in [1.165, 1.54) is 5.56 Å². The standard InChI is InChI=1S/C19H24N2O/c1-14(18(22)21-16-8-6-5-7-9-16)20-17-12-10-15(11-13-17)19(2,3)4/h5-14,20H,1-4H3,(H,21,22). The van der Waals surface area contributed by atoms with Crippen LogP contribution in [0.4, 0.5) is 11.4 Å². The lowest BCUT2D eigenvalue weighted by Crippen LogP contribution is -2.31. The fraction of sp³-hybridized carbons (Fsp3) is 0.316. The summed E-state index contributed by atoms with van der Waals surface area (Å²) in [5.74, 6) is -0.0499. The molecule has 2 aromatic rings. The first kappa shape index (κ1) is 16.1. The van der Waals surface area contributed by atoms with Crippen LogP contribution in [-0.2, 0) is 10.2 Å². The van der Waals surface area contributed by atoms with Crippen LogP contribution in [0.3, 0.4) is 0 Å². The summed E-state index contributed by atoms with van der Waals surface area (Å²) in [5, 5.41) is 6.12. The fourth-order valence-electron chi connectivity index (χ4n) is 2.15. The van der Waals surface area contributed by atoms with Crippen molar-refractivity contribution >= 4 is 17.3 Å². The number of para-hydroxylation sites is 1. The molecule has 0 aromatic heterocycles. The summed E-state index contributed by atoms with van der Waals surface area (Å²) in [6.45, 7) is 8.41. The molecule has 0 aliphatic carbocycles. The summed E-state index contributed by atoms with van der Waals surface area (Å²) in [6, 6.07) is 17.4. The van der Waals surface area contributed by atoms with Crippen LogP contribution in [-0.4, -0.2) is 11.9 Å². The third-order valence-corrected chi connectivity index (χ3v) is 3.57. The number of nitrogens with one attached hydrogen (secondary N) is 2. The Kier molecular flexibility index (Phi) is 4.86. The molecule has 0 spiro atoms. The van der Waals surface area contributed by atoms with Crippen LogP contribution in [0.1, 0.15) is 33.3 Å². The molecule has 0 bridgehead atoms. The number of hydrogen-bond donors (Lipinski definition) is 2. The van der Waals surface area contributed by atoms with Gasteiger partial charge in [0.25, 0.3) is 0 Å². The zero-order valence-electron chi connectivity index (χ0n) is 13.7. The van der Waals surface area contributed by atoms with Gasteiger partial charge in [-0.05, 0) is 42.2 Å². The predicted molar refractivity (Wildman–Crippen MR) is 93.3 cm³/mol. The molecule has 0 aliphatic heterocycles. The largest absolute Gasteiger partial charge is 0.374 e. The zero-order valence-corrected chi connectivity index (χ0v) is 13.7. The Bertz CT molecular complexity index is 612. The minimum Gasteiger partial charge on any atom is -0.374 e. The number of rotatable bonds is 4. The minimum atomic E-state index is -0.305. The first-order chi connectivity index (χ1) is 10.4. The summed E-state index contributed by atoms with van der Waals surface area (Å²) in [6.07, 6.45) is 0. The van der Waals surface area contributed by atoms with E-state index in [1.807, 2.05) is 49.4 Å². The van der Waals surface area contributed by atoms with Gasteiger partial charge < -0.3 is 10.6 Å². The maximum atomic E-state index is 12.2. The molecular formula is C19H24N2O. The molecule has 2 aromatic carbocycles. The Morgan fingerprint density at radius 3 is 2.05 bits per heavy atom. The van der Waals surface area contributed by atoms with Crippen molar-refractivity contribution in [3.05, 3.63) is 60.2 Å². The van der Waals surface area contributed by atoms with Crippen molar-refractivity contribution in [2.24, 2.45) is 0 Å². The fourth-order valence-corrected chi connectivity index (χ4v) is 2.15. The van der Waals surface area contributed by atoms with E-state index in [-0.39, 0.29) is 17.4 Å². The van der Waals surface area contributed by atoms with Crippen LogP contribution in [0.15, 0.2) is 54.6 Å². The molecule has 0 fully saturated rings. The first-order valence-electron chi connectivity index (χ1n) is 7.59. The number of carbonyl (C=O) groups excluding carboxylic acids is 1. The second-order valence-corrected chi connectivity index (χ2v) is 6.55. The maximum Gasteiger partial charge on any atom is 0.246 e. The number of anilines is 2. The number of benzene rings is 2. The molecule has 116 valence electrons. The minimum absolute atomic E-state index is 0.0499. The van der Waals surface area contributed by atoms with Crippen molar-refractivity contribution in [2.45, 2.75) is 39.2 Å². The number of amides is 1. The van der Waals surface area contributed by atoms with Gasteiger partial charge >= 0.3 is 0 Å². The predicted octanol–water partition coefficient (Wildman–Crippen LogP) is 4.42. The Morgan fingerprint density at radius 2 is 1.50 bits per heavy atom. The number of hydrogen-bond acceptors (Lipinski definition) is 2. The van der Waals surface area contributed by atoms with E-state index in [0.29, 0.717) is 0 Å². The normalized spacial score (nSPS) is 12.5. The molecule has 0 saturated carbocycles. The molecule has 0 radical (unpaired) electrons. The van der Waals surface area contributed by atoms with Gasteiger partial charge in [0.15, 0.2) is 0 Å². The van der Waals surface area contributed by atoms with Gasteiger partial charge in [0.1, 0.15) is 6.04 Å². The molecule has 2 N–H and O–H groups in total. The topological polar surface area (TPSA) is 41.1 Å². The average Bonchev–Trinajstić information content (AvgIpc) is 2.48. The molecule has 0 saturated heterocycles. The Hall–Kier alpha value is -2.29. The third kappa shape index (κ3) is 4.35. The van der Waals surface area contributed by atoms with Crippen LogP contribution < -0.4 is 10.6 Å². The summed E-state index contributed by atoms with van der Waals surface area (Å²) < 4.78 is 0. The Labute approximate surface area is 132 Å². The smallest absolute Gasteiger partial charge is 0.246 e. The molecule has 2 rings (SSSR count). The lowest BCUT2D eigenvalue weighted by atomic mass is 9.87. The van der Waals surface area contributed by atoms with E-state index in [0.717, 1.165) is 11.4 Å². The molecule has 3 heteroatoms. The van der Waals surface area contributed by atoms with E-state index >= 15 is 0 Å². The monoisotopic (exact) mass is 296 g/mol. The van der Waals surface area contributed by atoms with Crippen LogP contribution in [0.25, 0.3) is 0 Å². The van der Waals surface area contributed by atoms with E-state index in [9.17, 15) is 4.79 Å². The SMILES string of the molecule is CC(Nc1ccc(C(C)(C)C)cc1)C(=O)Nc1ccccc1. The van der Waals surface area contributed by atoms with Gasteiger partial charge in [0.2, 0.25) is 5.91 Å². The number of carbonyl (C=O) groups is 1. The first-order valence-corrected chi connectivity index (χ1v) is 7.59. The second-order valence-electron chi connectivity index (χ2n) is 6.55. The van der Waals surface area contributed by atoms with Crippen molar-refractivity contribution in [2.75, 3.05) is 10.6 Å². The van der Waals surface area contributed by atoms with E-state index in [1.54, 1.807) is 0 Å². The molecular weight excluding hydrogens is 272 g/mol. The quantitative estimate of drug-likeness (QED) is 0.876. The summed E-state index contributed by atoms with van der Waals surface area (Å²) in [7, 11) is 0. The van der Waals surface area contributed by atoms with Gasteiger partial charge in [-0.25, -0.2) is 0 Å². The molecule has 1 amide bonds. The van der Waals surface area contributed by atoms with Gasteiger partial charge in [-0.3, -0.25) is 4.79 Å². The van der Waals surface area contributed by atoms with Gasteiger partial charge in [-0.2, -0.15) is 0 Å². The van der Waals surface area contributed by atoms with Crippen molar-refractivity contribution in [3.63, 3.8) is 0 Å². The average molecular weight is 296 g/mol. The van der Waals surface area contributed by atoms with Gasteiger partial charge in [-0.1, -0.05) is 51.1 Å². The second kappa shape index (κ2) is 6.65. The lowest BCUT2D eigenvalue weighted by molar-refractivity contribution is -0.116. The Balaban J connectivity index is 1.96. The van der Waals surface area contributed by atoms with Crippen LogP contribution in [0.5, 0.6) is 0 Å². The summed E-state index contributed by atoms with van der Waals surface area (Å²) in [5.41, 5.74) is 3.17. The molecule has 3 nitrogen and oxygen atoms in total. The molecule has 0 heterocycles. The highest BCUT2D eigenvalue weighted by Gasteiger charge is 2.15. The van der Waals surface area contributed by atoms with Gasteiger partial charge in [0, 0.05) is 11.4 Å². The van der Waals surface area contributed by atoms with Crippen LogP contribution >= 0.6 is 0 Å². The summed E-state index contributed by atoms with van der Waals surface area (Å²) >= 11 is 0. The van der Waals surface area contributed by atoms with E-state index in [4.69, 9.17) is 0 Å². The van der Waals surface area contributed by atoms with Gasteiger partial charge in [0.05, 0.1) is 0 Å². The van der Waals surface area contributed by atoms with E-state index < -0.39 is 0 Å². The third-order valence-electron chi connectivity index (χ3n) is 3.57. The van der Waals surface area contributed by atoms with Gasteiger partial charge in [-0.15, -0.1) is 0 Å². The van der Waals surface area contributed by atoms with Crippen molar-refractivity contribution in [3.8, 4) is 0 Å². The van der Waals surface area contributed by atoms with Crippen LogP contribution in [0, 0.1) is 0 Å². The van der Waals surface area contributed by atoms with E-state index in [2.05, 4.69) is 43.5 Å². The molecule has 22 heavy (non-hydrogen) atoms. The van der Waals surface area contributed by atoms with Crippen molar-refractivity contribution < 1.29 is 4.79 Å². The van der Waals surface area contributed by atoms with Crippen molar-refractivity contribution in [1.82, 2.24) is 0 Å². The molecule has 1 unspecified atom stereocenters. The maximum absolute atomic E-state index is 12.2. The van der Waals surface area contributed by atoms with Crippen molar-refractivity contribution in [1.29, 1.82) is 0 Å². The molecule has 1 atom stereocenters. The molecule has 0 aliphatic rings. The highest BCUT2D eigenvalue weighted by atomic mass is 16.2. The van der Waals surface area contributed by atoms with Crippen LogP contribution in [0.2, 0.25) is 0 Å². The highest BCUT2D eigenvalue weighted by Crippen LogP contribution is 2.23. The summed E-state index contributed by atoms with van der Waals surface area (Å²) in [4.78, 5) is 12.2.